The number of hydrogen-bond acceptors (Lipinski definition) is 17. The van der Waals surface area contributed by atoms with Crippen molar-refractivity contribution in [1.82, 2.24) is 0 Å². The predicted molar refractivity (Wildman–Crippen MR) is 214 cm³/mol. The molecule has 17 heteroatoms. The fourth-order valence-electron chi connectivity index (χ4n) is 13.9. The van der Waals surface area contributed by atoms with E-state index in [4.69, 9.17) is 37.9 Å². The van der Waals surface area contributed by atoms with Crippen LogP contribution < -0.4 is 0 Å². The van der Waals surface area contributed by atoms with Crippen LogP contribution in [0.3, 0.4) is 0 Å². The molecule has 62 heavy (non-hydrogen) atoms. The van der Waals surface area contributed by atoms with Crippen molar-refractivity contribution in [2.24, 2.45) is 40.4 Å². The Bertz CT molecular complexity index is 1640. The van der Waals surface area contributed by atoms with Crippen molar-refractivity contribution in [3.63, 3.8) is 0 Å². The van der Waals surface area contributed by atoms with Gasteiger partial charge in [-0.3, -0.25) is 0 Å². The first-order valence-electron chi connectivity index (χ1n) is 23.3. The van der Waals surface area contributed by atoms with Crippen LogP contribution in [0.25, 0.3) is 0 Å². The van der Waals surface area contributed by atoms with E-state index in [1.54, 1.807) is 0 Å². The highest BCUT2D eigenvalue weighted by atomic mass is 16.8. The van der Waals surface area contributed by atoms with Gasteiger partial charge in [0.25, 0.3) is 0 Å². The number of hydrogen-bond donors (Lipinski definition) is 9. The van der Waals surface area contributed by atoms with E-state index in [9.17, 15) is 46.0 Å². The second-order valence-electron chi connectivity index (χ2n) is 21.2. The Labute approximate surface area is 363 Å². The van der Waals surface area contributed by atoms with Crippen LogP contribution in [0.15, 0.2) is 11.6 Å². The van der Waals surface area contributed by atoms with Gasteiger partial charge in [-0.15, -0.1) is 0 Å². The van der Waals surface area contributed by atoms with Gasteiger partial charge in [-0.1, -0.05) is 39.3 Å². The number of aliphatic hydroxyl groups excluding tert-OH is 8. The van der Waals surface area contributed by atoms with E-state index < -0.39 is 116 Å². The first-order chi connectivity index (χ1) is 29.3. The topological polar surface area (TPSA) is 256 Å². The van der Waals surface area contributed by atoms with Gasteiger partial charge >= 0.3 is 0 Å². The van der Waals surface area contributed by atoms with Crippen molar-refractivity contribution in [3.8, 4) is 0 Å². The smallest absolute Gasteiger partial charge is 0.187 e. The molecule has 17 nitrogen and oxygen atoms in total. The Balaban J connectivity index is 0.928. The number of allylic oxidation sites excluding steroid dienone is 1. The SMILES string of the molecule is CC1CC[C@@]2(OC1)O[C@H]1CC3(O)[C@@H]4CC=C5C[C@@H](O[C@@H]6O[C@H](CO)[C@@H](O[C@@H]7O[C@@H](C)[C@H](O)[C@@H](O)[C@H]7O)[C@H](O)[C@H]6O[C@@H]6O[C@@H](C)[C@H](O)[C@@H](O)[C@H]6O)CC[C@]5(C)[C@H]4CC[C@]3(C)[C@H]1[C@@H]2C. The normalized spacial score (nSPS) is 58.9. The maximum Gasteiger partial charge on any atom is 0.187 e. The maximum absolute atomic E-state index is 13.0. The van der Waals surface area contributed by atoms with E-state index in [0.717, 1.165) is 38.5 Å². The molecule has 5 heterocycles. The summed E-state index contributed by atoms with van der Waals surface area (Å²) in [4.78, 5) is 0. The second-order valence-corrected chi connectivity index (χ2v) is 21.2. The summed E-state index contributed by atoms with van der Waals surface area (Å²) in [5.74, 6) is 0.639. The molecule has 9 aliphatic rings. The van der Waals surface area contributed by atoms with Crippen molar-refractivity contribution in [2.45, 2.75) is 215 Å². The standard InChI is InChI=1S/C45H72O17/c1-19-9-14-45(55-18-19)20(2)29-27(62-45)16-44(54)26-8-7-23-15-24(10-12-42(23,5)25(26)11-13-43(29,44)6)58-41-38(61-40-35(52)33(50)31(48)22(4)57-40)36(53)37(28(17-46)59-41)60-39-34(51)32(49)30(47)21(3)56-39/h7,19-22,24-41,46-54H,8-18H2,1-6H3/t19?,20-,21-,22-,24-,25-,26+,27-,28+,29-,30-,31-,32+,33+,34+,35+,36-,37+,38+,39-,40-,41+,42-,43+,44?,45+/m0/s1. The average Bonchev–Trinajstić information content (AvgIpc) is 3.64. The van der Waals surface area contributed by atoms with Gasteiger partial charge in [0.2, 0.25) is 0 Å². The van der Waals surface area contributed by atoms with Gasteiger partial charge in [0, 0.05) is 30.1 Å². The second kappa shape index (κ2) is 16.7. The van der Waals surface area contributed by atoms with E-state index in [1.807, 2.05) is 0 Å². The Kier molecular flexibility index (Phi) is 12.4. The Morgan fingerprint density at radius 1 is 0.694 bits per heavy atom. The van der Waals surface area contributed by atoms with Gasteiger partial charge in [0.1, 0.15) is 61.0 Å². The quantitative estimate of drug-likeness (QED) is 0.157. The first-order valence-corrected chi connectivity index (χ1v) is 23.3. The van der Waals surface area contributed by atoms with Crippen LogP contribution >= 0.6 is 0 Å². The number of ether oxygens (including phenoxy) is 8. The van der Waals surface area contributed by atoms with Crippen LogP contribution in [0.4, 0.5) is 0 Å². The van der Waals surface area contributed by atoms with Crippen LogP contribution in [0, 0.1) is 40.4 Å². The van der Waals surface area contributed by atoms with Crippen molar-refractivity contribution in [2.75, 3.05) is 13.2 Å². The molecule has 4 aliphatic carbocycles. The van der Waals surface area contributed by atoms with E-state index in [0.29, 0.717) is 31.8 Å². The highest BCUT2D eigenvalue weighted by molar-refractivity contribution is 5.29. The zero-order valence-corrected chi connectivity index (χ0v) is 36.8. The van der Waals surface area contributed by atoms with Gasteiger partial charge in [-0.05, 0) is 82.0 Å². The van der Waals surface area contributed by atoms with Crippen LogP contribution in [0.5, 0.6) is 0 Å². The highest BCUT2D eigenvalue weighted by Crippen LogP contribution is 2.72. The highest BCUT2D eigenvalue weighted by Gasteiger charge is 2.74. The zero-order valence-electron chi connectivity index (χ0n) is 36.8. The maximum atomic E-state index is 13.0. The summed E-state index contributed by atoms with van der Waals surface area (Å²) in [6, 6.07) is 0. The molecule has 26 atom stereocenters. The molecule has 3 saturated carbocycles. The molecule has 9 N–H and O–H groups in total. The first kappa shape index (κ1) is 46.2. The molecule has 0 bridgehead atoms. The minimum atomic E-state index is -1.73. The lowest BCUT2D eigenvalue weighted by Crippen LogP contribution is -2.66. The summed E-state index contributed by atoms with van der Waals surface area (Å²) in [7, 11) is 0. The summed E-state index contributed by atoms with van der Waals surface area (Å²) in [6.07, 6.45) is -12.9. The molecule has 2 unspecified atom stereocenters. The lowest BCUT2D eigenvalue weighted by molar-refractivity contribution is -0.388. The molecular weight excluding hydrogens is 812 g/mol. The van der Waals surface area contributed by atoms with E-state index in [1.165, 1.54) is 19.4 Å². The fraction of sp³-hybridized carbons (Fsp3) is 0.956. The fourth-order valence-corrected chi connectivity index (χ4v) is 13.9. The van der Waals surface area contributed by atoms with Crippen molar-refractivity contribution in [1.29, 1.82) is 0 Å². The Morgan fingerprint density at radius 2 is 1.34 bits per heavy atom. The van der Waals surface area contributed by atoms with Crippen molar-refractivity contribution in [3.05, 3.63) is 11.6 Å². The Hall–Kier alpha value is -0.940. The zero-order chi connectivity index (χ0) is 44.4. The van der Waals surface area contributed by atoms with E-state index in [2.05, 4.69) is 33.8 Å². The number of aliphatic hydroxyl groups is 9. The van der Waals surface area contributed by atoms with Crippen molar-refractivity contribution < 1.29 is 83.9 Å². The minimum absolute atomic E-state index is 0.0526. The monoisotopic (exact) mass is 884 g/mol. The van der Waals surface area contributed by atoms with Crippen molar-refractivity contribution >= 4 is 0 Å². The average molecular weight is 885 g/mol. The molecule has 0 amide bonds. The molecule has 0 aromatic rings. The number of rotatable bonds is 7. The van der Waals surface area contributed by atoms with Gasteiger partial charge in [0.15, 0.2) is 24.7 Å². The van der Waals surface area contributed by atoms with Gasteiger partial charge < -0.3 is 83.9 Å². The van der Waals surface area contributed by atoms with Crippen LogP contribution in [0.1, 0.15) is 99.3 Å². The molecule has 354 valence electrons. The lowest BCUT2D eigenvalue weighted by atomic mass is 9.45. The van der Waals surface area contributed by atoms with Gasteiger partial charge in [-0.2, -0.15) is 0 Å². The summed E-state index contributed by atoms with van der Waals surface area (Å²) in [5.41, 5.74) is -0.167. The number of fused-ring (bicyclic) bond motifs is 7. The summed E-state index contributed by atoms with van der Waals surface area (Å²) < 4.78 is 49.9. The molecule has 0 aromatic carbocycles. The third-order valence-corrected chi connectivity index (χ3v) is 17.8. The molecule has 5 aliphatic heterocycles. The Morgan fingerprint density at radius 3 is 1.95 bits per heavy atom. The summed E-state index contributed by atoms with van der Waals surface area (Å²) in [6.45, 7) is 12.1. The third-order valence-electron chi connectivity index (χ3n) is 17.8. The third kappa shape index (κ3) is 7.13. The largest absolute Gasteiger partial charge is 0.394 e. The molecular formula is C45H72O17. The van der Waals surface area contributed by atoms with Crippen LogP contribution in [0.2, 0.25) is 0 Å². The molecule has 0 aromatic heterocycles. The van der Waals surface area contributed by atoms with Crippen LogP contribution in [-0.2, 0) is 37.9 Å². The van der Waals surface area contributed by atoms with Gasteiger partial charge in [0.05, 0.1) is 43.2 Å². The lowest BCUT2D eigenvalue weighted by Gasteiger charge is -2.62. The summed E-state index contributed by atoms with van der Waals surface area (Å²) >= 11 is 0. The van der Waals surface area contributed by atoms with Crippen LogP contribution in [-0.4, -0.2) is 175 Å². The predicted octanol–water partition coefficient (Wildman–Crippen LogP) is 0.357. The summed E-state index contributed by atoms with van der Waals surface area (Å²) in [5, 5.41) is 98.9. The molecule has 9 rings (SSSR count). The van der Waals surface area contributed by atoms with Gasteiger partial charge in [-0.25, -0.2) is 0 Å². The minimum Gasteiger partial charge on any atom is -0.394 e. The van der Waals surface area contributed by atoms with E-state index >= 15 is 0 Å². The molecule has 0 radical (unpaired) electrons. The molecule has 1 spiro atoms. The molecule has 8 fully saturated rings. The molecule has 5 saturated heterocycles. The van der Waals surface area contributed by atoms with E-state index in [-0.39, 0.29) is 40.6 Å².